The monoisotopic (exact) mass is 251 g/mol. The molecule has 0 spiro atoms. The second kappa shape index (κ2) is 6.76. The molecule has 0 fully saturated rings. The summed E-state index contributed by atoms with van der Waals surface area (Å²) >= 11 is 0. The maximum atomic E-state index is 9.32. The number of benzene rings is 1. The molecule has 1 atom stereocenters. The van der Waals surface area contributed by atoms with Crippen LogP contribution in [-0.2, 0) is 6.54 Å². The molecule has 0 amide bonds. The lowest BCUT2D eigenvalue weighted by Crippen LogP contribution is -2.36. The number of hydrogen-bond donors (Lipinski definition) is 2. The van der Waals surface area contributed by atoms with Gasteiger partial charge in [0.2, 0.25) is 0 Å². The van der Waals surface area contributed by atoms with Gasteiger partial charge in [-0.1, -0.05) is 31.5 Å². The molecule has 0 aliphatic rings. The molecule has 3 heteroatoms. The van der Waals surface area contributed by atoms with Crippen LogP contribution in [0.5, 0.6) is 5.75 Å². The van der Waals surface area contributed by atoms with E-state index in [1.165, 1.54) is 5.56 Å². The Hall–Kier alpha value is -1.06. The molecule has 0 saturated carbocycles. The Labute approximate surface area is 110 Å². The molecular weight excluding hydrogens is 226 g/mol. The molecule has 0 saturated heterocycles. The maximum Gasteiger partial charge on any atom is 0.126 e. The number of aliphatic hydroxyl groups excluding tert-OH is 1. The third kappa shape index (κ3) is 3.72. The van der Waals surface area contributed by atoms with Crippen LogP contribution in [0.3, 0.4) is 0 Å². The Kier molecular flexibility index (Phi) is 5.63. The van der Waals surface area contributed by atoms with Crippen molar-refractivity contribution in [3.8, 4) is 5.75 Å². The largest absolute Gasteiger partial charge is 0.496 e. The average molecular weight is 251 g/mol. The van der Waals surface area contributed by atoms with Gasteiger partial charge in [-0.25, -0.2) is 0 Å². The Morgan fingerprint density at radius 3 is 2.44 bits per heavy atom. The van der Waals surface area contributed by atoms with Crippen molar-refractivity contribution in [2.45, 2.75) is 40.3 Å². The summed E-state index contributed by atoms with van der Waals surface area (Å²) in [5, 5.41) is 12.7. The highest BCUT2D eigenvalue weighted by molar-refractivity contribution is 5.43. The number of ether oxygens (including phenoxy) is 1. The lowest BCUT2D eigenvalue weighted by molar-refractivity contribution is 0.209. The lowest BCUT2D eigenvalue weighted by atomic mass is 10.0. The van der Waals surface area contributed by atoms with Crippen molar-refractivity contribution < 1.29 is 9.84 Å². The number of hydrogen-bond acceptors (Lipinski definition) is 3. The first-order chi connectivity index (χ1) is 8.49. The van der Waals surface area contributed by atoms with Crippen LogP contribution in [0.1, 0.15) is 30.5 Å². The van der Waals surface area contributed by atoms with E-state index in [-0.39, 0.29) is 12.6 Å². The van der Waals surface area contributed by atoms with E-state index in [0.29, 0.717) is 5.92 Å². The molecule has 0 aromatic heterocycles. The van der Waals surface area contributed by atoms with Gasteiger partial charge in [-0.05, 0) is 25.3 Å². The summed E-state index contributed by atoms with van der Waals surface area (Å²) in [6.45, 7) is 9.22. The molecule has 3 nitrogen and oxygen atoms in total. The summed E-state index contributed by atoms with van der Waals surface area (Å²) in [6, 6.07) is 4.37. The standard InChI is InChI=1S/C15H25NO2/c1-10(2)14(9-17)16-8-13-7-11(3)6-12(4)15(13)18-5/h6-7,10,14,16-17H,8-9H2,1-5H3. The molecular formula is C15H25NO2. The second-order valence-electron chi connectivity index (χ2n) is 5.19. The zero-order chi connectivity index (χ0) is 13.7. The molecule has 0 bridgehead atoms. The minimum Gasteiger partial charge on any atom is -0.496 e. The van der Waals surface area contributed by atoms with Crippen LogP contribution < -0.4 is 10.1 Å². The minimum absolute atomic E-state index is 0.121. The zero-order valence-corrected chi connectivity index (χ0v) is 12.1. The van der Waals surface area contributed by atoms with Gasteiger partial charge in [-0.15, -0.1) is 0 Å². The number of nitrogens with one attached hydrogen (secondary N) is 1. The van der Waals surface area contributed by atoms with Crippen LogP contribution in [0, 0.1) is 19.8 Å². The van der Waals surface area contributed by atoms with Crippen LogP contribution in [0.15, 0.2) is 12.1 Å². The van der Waals surface area contributed by atoms with Crippen LogP contribution in [0.4, 0.5) is 0 Å². The predicted octanol–water partition coefficient (Wildman–Crippen LogP) is 2.42. The van der Waals surface area contributed by atoms with Crippen molar-refractivity contribution in [3.05, 3.63) is 28.8 Å². The van der Waals surface area contributed by atoms with E-state index in [1.54, 1.807) is 7.11 Å². The average Bonchev–Trinajstić information content (AvgIpc) is 2.28. The highest BCUT2D eigenvalue weighted by Crippen LogP contribution is 2.25. The van der Waals surface area contributed by atoms with Crippen LogP contribution in [0.2, 0.25) is 0 Å². The van der Waals surface area contributed by atoms with E-state index in [2.05, 4.69) is 45.1 Å². The van der Waals surface area contributed by atoms with E-state index in [9.17, 15) is 5.11 Å². The third-order valence-corrected chi connectivity index (χ3v) is 3.26. The van der Waals surface area contributed by atoms with Gasteiger partial charge in [0.15, 0.2) is 0 Å². The SMILES string of the molecule is COc1c(C)cc(C)cc1CNC(CO)C(C)C. The first-order valence-corrected chi connectivity index (χ1v) is 6.48. The van der Waals surface area contributed by atoms with Gasteiger partial charge in [0.05, 0.1) is 13.7 Å². The highest BCUT2D eigenvalue weighted by Gasteiger charge is 2.13. The smallest absolute Gasteiger partial charge is 0.126 e. The van der Waals surface area contributed by atoms with Gasteiger partial charge in [0.1, 0.15) is 5.75 Å². The molecule has 0 radical (unpaired) electrons. The Morgan fingerprint density at radius 2 is 1.94 bits per heavy atom. The molecule has 0 heterocycles. The van der Waals surface area contributed by atoms with E-state index in [4.69, 9.17) is 4.74 Å². The summed E-state index contributed by atoms with van der Waals surface area (Å²) in [5.74, 6) is 1.35. The minimum atomic E-state index is 0.121. The lowest BCUT2D eigenvalue weighted by Gasteiger charge is -2.21. The van der Waals surface area contributed by atoms with Gasteiger partial charge < -0.3 is 15.2 Å². The van der Waals surface area contributed by atoms with Gasteiger partial charge in [-0.3, -0.25) is 0 Å². The molecule has 1 aromatic carbocycles. The fourth-order valence-corrected chi connectivity index (χ4v) is 2.22. The van der Waals surface area contributed by atoms with Crippen LogP contribution >= 0.6 is 0 Å². The fourth-order valence-electron chi connectivity index (χ4n) is 2.22. The Bertz CT molecular complexity index is 388. The summed E-state index contributed by atoms with van der Waals surface area (Å²) in [4.78, 5) is 0. The first-order valence-electron chi connectivity index (χ1n) is 6.48. The molecule has 102 valence electrons. The first kappa shape index (κ1) is 15.0. The topological polar surface area (TPSA) is 41.5 Å². The Morgan fingerprint density at radius 1 is 1.28 bits per heavy atom. The highest BCUT2D eigenvalue weighted by atomic mass is 16.5. The van der Waals surface area contributed by atoms with Crippen LogP contribution in [0.25, 0.3) is 0 Å². The van der Waals surface area contributed by atoms with Crippen molar-refractivity contribution in [1.82, 2.24) is 5.32 Å². The molecule has 1 rings (SSSR count). The van der Waals surface area contributed by atoms with E-state index in [1.807, 2.05) is 0 Å². The molecule has 0 aliphatic carbocycles. The number of aliphatic hydroxyl groups is 1. The molecule has 18 heavy (non-hydrogen) atoms. The van der Waals surface area contributed by atoms with Crippen molar-refractivity contribution in [2.75, 3.05) is 13.7 Å². The van der Waals surface area contributed by atoms with E-state index < -0.39 is 0 Å². The van der Waals surface area contributed by atoms with Gasteiger partial charge in [0.25, 0.3) is 0 Å². The molecule has 2 N–H and O–H groups in total. The number of rotatable bonds is 6. The van der Waals surface area contributed by atoms with E-state index in [0.717, 1.165) is 23.4 Å². The number of aryl methyl sites for hydroxylation is 2. The molecule has 1 unspecified atom stereocenters. The Balaban J connectivity index is 2.83. The summed E-state index contributed by atoms with van der Waals surface area (Å²) in [5.41, 5.74) is 3.53. The second-order valence-corrected chi connectivity index (χ2v) is 5.19. The van der Waals surface area contributed by atoms with Gasteiger partial charge in [0, 0.05) is 18.2 Å². The normalized spacial score (nSPS) is 12.8. The van der Waals surface area contributed by atoms with Gasteiger partial charge >= 0.3 is 0 Å². The summed E-state index contributed by atoms with van der Waals surface area (Å²) in [6.07, 6.45) is 0. The molecule has 1 aromatic rings. The van der Waals surface area contributed by atoms with E-state index >= 15 is 0 Å². The fraction of sp³-hybridized carbons (Fsp3) is 0.600. The van der Waals surface area contributed by atoms with Crippen LogP contribution in [-0.4, -0.2) is 24.9 Å². The summed E-state index contributed by atoms with van der Waals surface area (Å²) in [7, 11) is 1.70. The maximum absolute atomic E-state index is 9.32. The van der Waals surface area contributed by atoms with Gasteiger partial charge in [-0.2, -0.15) is 0 Å². The summed E-state index contributed by atoms with van der Waals surface area (Å²) < 4.78 is 5.46. The van der Waals surface area contributed by atoms with Crippen molar-refractivity contribution in [2.24, 2.45) is 5.92 Å². The van der Waals surface area contributed by atoms with Crippen molar-refractivity contribution in [3.63, 3.8) is 0 Å². The molecule has 0 aliphatic heterocycles. The third-order valence-electron chi connectivity index (χ3n) is 3.26. The number of methoxy groups -OCH3 is 1. The van der Waals surface area contributed by atoms with Crippen molar-refractivity contribution in [1.29, 1.82) is 0 Å². The van der Waals surface area contributed by atoms with Crippen molar-refractivity contribution >= 4 is 0 Å². The quantitative estimate of drug-likeness (QED) is 0.816. The zero-order valence-electron chi connectivity index (χ0n) is 12.1. The predicted molar refractivity (Wildman–Crippen MR) is 75.0 cm³/mol.